The lowest BCUT2D eigenvalue weighted by Crippen LogP contribution is -2.46. The van der Waals surface area contributed by atoms with Gasteiger partial charge in [0.15, 0.2) is 0 Å². The van der Waals surface area contributed by atoms with E-state index < -0.39 is 6.04 Å². The predicted octanol–water partition coefficient (Wildman–Crippen LogP) is 3.21. The van der Waals surface area contributed by atoms with Crippen LogP contribution in [0.4, 0.5) is 5.69 Å². The number of amides is 2. The Balaban J connectivity index is 1.50. The van der Waals surface area contributed by atoms with Crippen molar-refractivity contribution in [2.45, 2.75) is 40.2 Å². The lowest BCUT2D eigenvalue weighted by Gasteiger charge is -2.20. The molecule has 2 heterocycles. The van der Waals surface area contributed by atoms with E-state index in [1.54, 1.807) is 19.3 Å². The van der Waals surface area contributed by atoms with Gasteiger partial charge >= 0.3 is 0 Å². The molecule has 3 N–H and O–H groups in total. The van der Waals surface area contributed by atoms with Gasteiger partial charge in [0.05, 0.1) is 5.69 Å². The average molecular weight is 421 g/mol. The molecule has 3 aromatic rings. The minimum Gasteiger partial charge on any atom is -0.339 e. The van der Waals surface area contributed by atoms with Crippen LogP contribution in [-0.4, -0.2) is 37.8 Å². The number of hydrogen-bond donors (Lipinski definition) is 3. The van der Waals surface area contributed by atoms with E-state index >= 15 is 0 Å². The third kappa shape index (κ3) is 4.10. The van der Waals surface area contributed by atoms with Crippen LogP contribution in [0.5, 0.6) is 0 Å². The molecular formula is C23H28N6O2. The summed E-state index contributed by atoms with van der Waals surface area (Å²) in [7, 11) is 1.70. The maximum Gasteiger partial charge on any atom is 0.270 e. The van der Waals surface area contributed by atoms with E-state index in [-0.39, 0.29) is 23.1 Å². The summed E-state index contributed by atoms with van der Waals surface area (Å²) in [6.07, 6.45) is 2.45. The molecule has 0 saturated heterocycles. The monoisotopic (exact) mass is 420 g/mol. The van der Waals surface area contributed by atoms with Crippen molar-refractivity contribution in [3.8, 4) is 11.1 Å². The first kappa shape index (κ1) is 20.8. The Labute approximate surface area is 181 Å². The summed E-state index contributed by atoms with van der Waals surface area (Å²) in [6.45, 7) is 8.16. The smallest absolute Gasteiger partial charge is 0.270 e. The normalized spacial score (nSPS) is 17.8. The number of aromatic nitrogens is 4. The Hall–Kier alpha value is -3.42. The van der Waals surface area contributed by atoms with Crippen molar-refractivity contribution in [1.82, 2.24) is 25.3 Å². The van der Waals surface area contributed by atoms with Gasteiger partial charge in [0.2, 0.25) is 5.91 Å². The van der Waals surface area contributed by atoms with Crippen molar-refractivity contribution >= 4 is 17.5 Å². The van der Waals surface area contributed by atoms with E-state index in [0.717, 1.165) is 28.9 Å². The molecule has 2 aromatic heterocycles. The number of rotatable bonds is 6. The Morgan fingerprint density at radius 2 is 1.87 bits per heavy atom. The highest BCUT2D eigenvalue weighted by Gasteiger charge is 2.53. The molecule has 1 fully saturated rings. The molecule has 1 aromatic carbocycles. The third-order valence-corrected chi connectivity index (χ3v) is 6.18. The SMILES string of the molecule is Cc1n[nH]c(C)c1-c1ccc(NC(=O)[C@@H](NC(=O)c2ccnn2C)C2CC2(C)C)cc1. The maximum atomic E-state index is 13.1. The molecule has 31 heavy (non-hydrogen) atoms. The second kappa shape index (κ2) is 7.68. The van der Waals surface area contributed by atoms with Gasteiger partial charge < -0.3 is 10.6 Å². The molecule has 2 atom stereocenters. The van der Waals surface area contributed by atoms with Crippen molar-refractivity contribution in [2.75, 3.05) is 5.32 Å². The van der Waals surface area contributed by atoms with E-state index in [1.807, 2.05) is 38.1 Å². The molecule has 4 rings (SSSR count). The first-order valence-electron chi connectivity index (χ1n) is 10.4. The van der Waals surface area contributed by atoms with Crippen molar-refractivity contribution in [1.29, 1.82) is 0 Å². The number of nitrogens with one attached hydrogen (secondary N) is 3. The highest BCUT2D eigenvalue weighted by molar-refractivity contribution is 6.01. The number of carbonyl (C=O) groups is 2. The number of carbonyl (C=O) groups excluding carboxylic acids is 2. The van der Waals surface area contributed by atoms with E-state index in [0.29, 0.717) is 11.4 Å². The molecular weight excluding hydrogens is 392 g/mol. The van der Waals surface area contributed by atoms with Gasteiger partial charge in [0, 0.05) is 30.2 Å². The number of anilines is 1. The first-order chi connectivity index (χ1) is 14.7. The van der Waals surface area contributed by atoms with Crippen molar-refractivity contribution in [3.05, 3.63) is 53.6 Å². The summed E-state index contributed by atoms with van der Waals surface area (Å²) in [5.41, 5.74) is 5.16. The molecule has 1 aliphatic carbocycles. The summed E-state index contributed by atoms with van der Waals surface area (Å²) in [6, 6.07) is 8.69. The minimum absolute atomic E-state index is 0.0158. The Bertz CT molecular complexity index is 1110. The van der Waals surface area contributed by atoms with Gasteiger partial charge in [0.1, 0.15) is 11.7 Å². The topological polar surface area (TPSA) is 105 Å². The first-order valence-corrected chi connectivity index (χ1v) is 10.4. The standard InChI is InChI=1S/C23H28N6O2/c1-13-19(14(2)28-27-13)15-6-8-16(9-7-15)25-22(31)20(17-12-23(17,3)4)26-21(30)18-10-11-24-29(18)5/h6-11,17,20H,12H2,1-5H3,(H,25,31)(H,26,30)(H,27,28)/t17?,20-/m0/s1. The third-order valence-electron chi connectivity index (χ3n) is 6.18. The van der Waals surface area contributed by atoms with Gasteiger partial charge in [0.25, 0.3) is 5.91 Å². The Morgan fingerprint density at radius 3 is 2.39 bits per heavy atom. The van der Waals surface area contributed by atoms with Crippen LogP contribution in [0.3, 0.4) is 0 Å². The molecule has 0 spiro atoms. The Kier molecular flexibility index (Phi) is 5.16. The molecule has 1 aliphatic rings. The quantitative estimate of drug-likeness (QED) is 0.569. The molecule has 8 nitrogen and oxygen atoms in total. The molecule has 2 amide bonds. The highest BCUT2D eigenvalue weighted by Crippen LogP contribution is 2.53. The molecule has 0 bridgehead atoms. The number of aryl methyl sites for hydroxylation is 3. The minimum atomic E-state index is -0.615. The van der Waals surface area contributed by atoms with E-state index in [9.17, 15) is 9.59 Å². The molecule has 0 aliphatic heterocycles. The fourth-order valence-electron chi connectivity index (χ4n) is 4.15. The van der Waals surface area contributed by atoms with Crippen molar-refractivity contribution in [3.63, 3.8) is 0 Å². The van der Waals surface area contributed by atoms with Gasteiger partial charge in [-0.2, -0.15) is 10.2 Å². The maximum absolute atomic E-state index is 13.1. The molecule has 1 saturated carbocycles. The summed E-state index contributed by atoms with van der Waals surface area (Å²) in [5.74, 6) is -0.432. The fraction of sp³-hybridized carbons (Fsp3) is 0.391. The van der Waals surface area contributed by atoms with Crippen LogP contribution in [0.1, 0.15) is 42.1 Å². The number of H-pyrrole nitrogens is 1. The summed E-state index contributed by atoms with van der Waals surface area (Å²) < 4.78 is 1.50. The van der Waals surface area contributed by atoms with Gasteiger partial charge in [-0.05, 0) is 55.4 Å². The summed E-state index contributed by atoms with van der Waals surface area (Å²) >= 11 is 0. The molecule has 162 valence electrons. The van der Waals surface area contributed by atoms with Crippen LogP contribution in [0.2, 0.25) is 0 Å². The van der Waals surface area contributed by atoms with Crippen LogP contribution >= 0.6 is 0 Å². The summed E-state index contributed by atoms with van der Waals surface area (Å²) in [4.78, 5) is 25.8. The zero-order valence-corrected chi connectivity index (χ0v) is 18.5. The number of benzene rings is 1. The second-order valence-electron chi connectivity index (χ2n) is 8.97. The van der Waals surface area contributed by atoms with Crippen LogP contribution in [0.25, 0.3) is 11.1 Å². The Morgan fingerprint density at radius 1 is 1.19 bits per heavy atom. The van der Waals surface area contributed by atoms with Gasteiger partial charge in [-0.1, -0.05) is 26.0 Å². The number of hydrogen-bond acceptors (Lipinski definition) is 4. The van der Waals surface area contributed by atoms with Gasteiger partial charge in [-0.25, -0.2) is 0 Å². The van der Waals surface area contributed by atoms with Crippen LogP contribution in [0, 0.1) is 25.2 Å². The zero-order valence-electron chi connectivity index (χ0n) is 18.5. The van der Waals surface area contributed by atoms with Crippen LogP contribution < -0.4 is 10.6 Å². The zero-order chi connectivity index (χ0) is 22.3. The fourth-order valence-corrected chi connectivity index (χ4v) is 4.15. The second-order valence-corrected chi connectivity index (χ2v) is 8.97. The lowest BCUT2D eigenvalue weighted by molar-refractivity contribution is -0.118. The molecule has 0 radical (unpaired) electrons. The van der Waals surface area contributed by atoms with Crippen LogP contribution in [-0.2, 0) is 11.8 Å². The highest BCUT2D eigenvalue weighted by atomic mass is 16.2. The predicted molar refractivity (Wildman–Crippen MR) is 118 cm³/mol. The molecule has 1 unspecified atom stereocenters. The number of nitrogens with zero attached hydrogens (tertiary/aromatic N) is 3. The molecule has 8 heteroatoms. The number of aromatic amines is 1. The van der Waals surface area contributed by atoms with Gasteiger partial charge in [-0.3, -0.25) is 19.4 Å². The van der Waals surface area contributed by atoms with Crippen molar-refractivity contribution in [2.24, 2.45) is 18.4 Å². The van der Waals surface area contributed by atoms with E-state index in [2.05, 4.69) is 39.8 Å². The largest absolute Gasteiger partial charge is 0.339 e. The average Bonchev–Trinajstić information content (AvgIpc) is 3.01. The van der Waals surface area contributed by atoms with E-state index in [1.165, 1.54) is 4.68 Å². The van der Waals surface area contributed by atoms with Gasteiger partial charge in [-0.15, -0.1) is 0 Å². The lowest BCUT2D eigenvalue weighted by atomic mass is 10.0. The van der Waals surface area contributed by atoms with Crippen molar-refractivity contribution < 1.29 is 9.59 Å². The van der Waals surface area contributed by atoms with Crippen LogP contribution in [0.15, 0.2) is 36.5 Å². The van der Waals surface area contributed by atoms with E-state index in [4.69, 9.17) is 0 Å². The summed E-state index contributed by atoms with van der Waals surface area (Å²) in [5, 5.41) is 17.2.